The molecule has 2 heterocycles. The Hall–Kier alpha value is -3.04. The lowest BCUT2D eigenvalue weighted by Crippen LogP contribution is -2.09. The van der Waals surface area contributed by atoms with Crippen molar-refractivity contribution in [2.75, 3.05) is 12.4 Å². The number of carbonyl (C=O) groups excluding carboxylic acids is 1. The van der Waals surface area contributed by atoms with Crippen LogP contribution in [0.1, 0.15) is 17.0 Å². The maximum absolute atomic E-state index is 12.4. The van der Waals surface area contributed by atoms with E-state index in [4.69, 9.17) is 4.74 Å². The quantitative estimate of drug-likeness (QED) is 0.408. The van der Waals surface area contributed by atoms with Crippen molar-refractivity contribution < 1.29 is 9.53 Å². The van der Waals surface area contributed by atoms with Crippen LogP contribution in [0, 0.1) is 13.8 Å². The maximum atomic E-state index is 12.4. The lowest BCUT2D eigenvalue weighted by Gasteiger charge is -2.08. The second-order valence-corrected chi connectivity index (χ2v) is 8.46. The molecule has 0 saturated carbocycles. The van der Waals surface area contributed by atoms with Gasteiger partial charge in [-0.2, -0.15) is 9.61 Å². The Labute approximate surface area is 185 Å². The van der Waals surface area contributed by atoms with Gasteiger partial charge in [-0.1, -0.05) is 27.3 Å². The molecule has 0 aliphatic rings. The predicted molar refractivity (Wildman–Crippen MR) is 122 cm³/mol. The molecule has 152 valence electrons. The number of benzene rings is 2. The third-order valence-electron chi connectivity index (χ3n) is 4.48. The van der Waals surface area contributed by atoms with Crippen LogP contribution < -0.4 is 10.1 Å². The van der Waals surface area contributed by atoms with Crippen LogP contribution in [0.2, 0.25) is 0 Å². The minimum Gasteiger partial charge on any atom is -0.496 e. The molecule has 1 N–H and O–H groups in total. The minimum absolute atomic E-state index is 0.220. The van der Waals surface area contributed by atoms with Crippen LogP contribution in [0.3, 0.4) is 0 Å². The maximum Gasteiger partial charge on any atom is 0.248 e. The average Bonchev–Trinajstić information content (AvgIpc) is 3.30. The monoisotopic (exact) mass is 483 g/mol. The largest absolute Gasteiger partial charge is 0.496 e. The highest BCUT2D eigenvalue weighted by atomic mass is 79.9. The van der Waals surface area contributed by atoms with Gasteiger partial charge in [-0.25, -0.2) is 0 Å². The second kappa shape index (κ2) is 8.37. The molecule has 0 spiro atoms. The van der Waals surface area contributed by atoms with E-state index in [2.05, 4.69) is 36.5 Å². The summed E-state index contributed by atoms with van der Waals surface area (Å²) in [6.45, 7) is 3.82. The molecule has 1 amide bonds. The van der Waals surface area contributed by atoms with Gasteiger partial charge in [-0.15, -0.1) is 10.2 Å². The molecular formula is C21H18BrN5O2S. The van der Waals surface area contributed by atoms with Gasteiger partial charge in [0.2, 0.25) is 10.9 Å². The van der Waals surface area contributed by atoms with Gasteiger partial charge in [0, 0.05) is 27.4 Å². The zero-order valence-electron chi connectivity index (χ0n) is 16.5. The number of nitrogens with zero attached hydrogens (tertiary/aromatic N) is 4. The average molecular weight is 484 g/mol. The van der Waals surface area contributed by atoms with E-state index in [1.165, 1.54) is 17.4 Å². The zero-order chi connectivity index (χ0) is 21.3. The van der Waals surface area contributed by atoms with Gasteiger partial charge in [-0.3, -0.25) is 4.79 Å². The van der Waals surface area contributed by atoms with E-state index in [1.54, 1.807) is 17.7 Å². The molecule has 0 aliphatic heterocycles. The highest BCUT2D eigenvalue weighted by Gasteiger charge is 2.12. The number of hydrogen-bond acceptors (Lipinski definition) is 6. The van der Waals surface area contributed by atoms with E-state index in [0.29, 0.717) is 5.75 Å². The van der Waals surface area contributed by atoms with Gasteiger partial charge >= 0.3 is 0 Å². The Morgan fingerprint density at radius 3 is 2.77 bits per heavy atom. The third-order valence-corrected chi connectivity index (χ3v) is 5.93. The third kappa shape index (κ3) is 4.12. The summed E-state index contributed by atoms with van der Waals surface area (Å²) in [6.07, 6.45) is 3.22. The van der Waals surface area contributed by atoms with Crippen molar-refractivity contribution in [2.45, 2.75) is 13.8 Å². The summed E-state index contributed by atoms with van der Waals surface area (Å²) in [5.41, 5.74) is 3.47. The van der Waals surface area contributed by atoms with Crippen molar-refractivity contribution >= 4 is 49.9 Å². The molecule has 2 aromatic carbocycles. The molecule has 7 nitrogen and oxygen atoms in total. The Morgan fingerprint density at radius 1 is 1.20 bits per heavy atom. The van der Waals surface area contributed by atoms with Crippen LogP contribution in [-0.4, -0.2) is 32.8 Å². The van der Waals surface area contributed by atoms with E-state index >= 15 is 0 Å². The number of nitrogens with one attached hydrogen (secondary N) is 1. The fourth-order valence-corrected chi connectivity index (χ4v) is 4.20. The fraction of sp³-hybridized carbons (Fsp3) is 0.143. The molecule has 30 heavy (non-hydrogen) atoms. The van der Waals surface area contributed by atoms with Crippen molar-refractivity contribution in [3.8, 4) is 16.3 Å². The predicted octanol–water partition coefficient (Wildman–Crippen LogP) is 4.89. The van der Waals surface area contributed by atoms with Crippen LogP contribution in [0.25, 0.3) is 21.6 Å². The van der Waals surface area contributed by atoms with Crippen LogP contribution in [0.4, 0.5) is 5.69 Å². The van der Waals surface area contributed by atoms with Gasteiger partial charge < -0.3 is 10.1 Å². The summed E-state index contributed by atoms with van der Waals surface area (Å²) in [4.78, 5) is 13.2. The molecule has 0 saturated heterocycles. The molecule has 4 rings (SSSR count). The van der Waals surface area contributed by atoms with E-state index in [9.17, 15) is 4.79 Å². The molecule has 0 atom stereocenters. The molecule has 0 aliphatic carbocycles. The first-order valence-corrected chi connectivity index (χ1v) is 10.7. The molecule has 0 radical (unpaired) electrons. The summed E-state index contributed by atoms with van der Waals surface area (Å²) < 4.78 is 7.97. The molecule has 0 fully saturated rings. The number of aromatic nitrogens is 4. The Balaban J connectivity index is 1.51. The lowest BCUT2D eigenvalue weighted by molar-refractivity contribution is -0.111. The number of methoxy groups -OCH3 is 1. The summed E-state index contributed by atoms with van der Waals surface area (Å²) >= 11 is 4.91. The smallest absolute Gasteiger partial charge is 0.248 e. The summed E-state index contributed by atoms with van der Waals surface area (Å²) in [7, 11) is 1.60. The van der Waals surface area contributed by atoms with Crippen molar-refractivity contribution in [3.05, 3.63) is 63.9 Å². The number of anilines is 1. The number of halogens is 1. The Bertz CT molecular complexity index is 1280. The van der Waals surface area contributed by atoms with Gasteiger partial charge in [-0.05, 0) is 61.9 Å². The van der Waals surface area contributed by atoms with E-state index in [-0.39, 0.29) is 5.91 Å². The van der Waals surface area contributed by atoms with Crippen molar-refractivity contribution in [1.82, 2.24) is 19.8 Å². The van der Waals surface area contributed by atoms with Crippen LogP contribution in [0.15, 0.2) is 46.9 Å². The molecule has 2 aromatic heterocycles. The highest BCUT2D eigenvalue weighted by molar-refractivity contribution is 9.10. The lowest BCUT2D eigenvalue weighted by atomic mass is 10.1. The summed E-state index contributed by atoms with van der Waals surface area (Å²) in [5.74, 6) is 1.23. The van der Waals surface area contributed by atoms with Crippen molar-refractivity contribution in [1.29, 1.82) is 0 Å². The molecule has 9 heteroatoms. The number of ether oxygens (including phenoxy) is 1. The number of fused-ring (bicyclic) bond motifs is 1. The van der Waals surface area contributed by atoms with Crippen LogP contribution in [-0.2, 0) is 4.79 Å². The number of rotatable bonds is 5. The minimum atomic E-state index is -0.220. The van der Waals surface area contributed by atoms with Gasteiger partial charge in [0.1, 0.15) is 10.8 Å². The SMILES string of the molecule is COc1ccc(Br)cc1C=CC(=O)Nc1ccc(-c2nn3c(C)nnc3s2)cc1C. The number of hydrogen-bond donors (Lipinski definition) is 1. The first kappa shape index (κ1) is 20.2. The molecule has 0 unspecified atom stereocenters. The van der Waals surface area contributed by atoms with Crippen LogP contribution >= 0.6 is 27.3 Å². The standard InChI is InChI=1S/C21H18BrN5O2S/c1-12-10-15(20-26-27-13(2)24-25-21(27)30-20)4-7-17(12)23-19(28)9-5-14-11-16(22)6-8-18(14)29-3/h4-11H,1-3H3,(H,23,28). The summed E-state index contributed by atoms with van der Waals surface area (Å²) in [5, 5.41) is 16.4. The van der Waals surface area contributed by atoms with Crippen molar-refractivity contribution in [3.63, 3.8) is 0 Å². The van der Waals surface area contributed by atoms with E-state index in [0.717, 1.165) is 42.6 Å². The van der Waals surface area contributed by atoms with E-state index in [1.807, 2.05) is 50.2 Å². The first-order valence-electron chi connectivity index (χ1n) is 9.07. The topological polar surface area (TPSA) is 81.4 Å². The molecule has 0 bridgehead atoms. The Morgan fingerprint density at radius 2 is 2.03 bits per heavy atom. The Kier molecular flexibility index (Phi) is 5.65. The normalized spacial score (nSPS) is 11.3. The molecular weight excluding hydrogens is 466 g/mol. The number of carbonyl (C=O) groups is 1. The second-order valence-electron chi connectivity index (χ2n) is 6.59. The van der Waals surface area contributed by atoms with Gasteiger partial charge in [0.15, 0.2) is 5.82 Å². The fourth-order valence-electron chi connectivity index (χ4n) is 2.94. The molecule has 4 aromatic rings. The highest BCUT2D eigenvalue weighted by Crippen LogP contribution is 2.29. The van der Waals surface area contributed by atoms with Gasteiger partial charge in [0.25, 0.3) is 0 Å². The van der Waals surface area contributed by atoms with Crippen LogP contribution in [0.5, 0.6) is 5.75 Å². The van der Waals surface area contributed by atoms with Gasteiger partial charge in [0.05, 0.1) is 7.11 Å². The summed E-state index contributed by atoms with van der Waals surface area (Å²) in [6, 6.07) is 11.4. The van der Waals surface area contributed by atoms with E-state index < -0.39 is 0 Å². The zero-order valence-corrected chi connectivity index (χ0v) is 18.9. The number of aryl methyl sites for hydroxylation is 2. The van der Waals surface area contributed by atoms with Crippen molar-refractivity contribution in [2.24, 2.45) is 0 Å². The number of amides is 1. The first-order chi connectivity index (χ1) is 14.4.